The number of rotatable bonds is 4. The van der Waals surface area contributed by atoms with Crippen LogP contribution in [-0.2, 0) is 6.54 Å². The van der Waals surface area contributed by atoms with Crippen LogP contribution in [0.3, 0.4) is 0 Å². The number of nitrogens with zero attached hydrogens (tertiary/aromatic N) is 1. The number of halogens is 1. The van der Waals surface area contributed by atoms with Gasteiger partial charge in [0.05, 0.1) is 11.6 Å². The fraction of sp³-hybridized carbons (Fsp3) is 0.235. The summed E-state index contributed by atoms with van der Waals surface area (Å²) in [6, 6.07) is 15.8. The van der Waals surface area contributed by atoms with E-state index in [-0.39, 0.29) is 0 Å². The van der Waals surface area contributed by atoms with Crippen molar-refractivity contribution < 1.29 is 0 Å². The van der Waals surface area contributed by atoms with Crippen molar-refractivity contribution in [2.45, 2.75) is 26.3 Å². The highest BCUT2D eigenvalue weighted by Crippen LogP contribution is 2.21. The molecule has 0 amide bonds. The smallest absolute Gasteiger partial charge is 0.0992 e. The number of nitriles is 1. The van der Waals surface area contributed by atoms with Crippen molar-refractivity contribution in [2.24, 2.45) is 0 Å². The lowest BCUT2D eigenvalue weighted by atomic mass is 10.0. The fourth-order valence-corrected chi connectivity index (χ4v) is 2.21. The molecule has 102 valence electrons. The second kappa shape index (κ2) is 6.45. The maximum atomic E-state index is 8.82. The van der Waals surface area contributed by atoms with Crippen LogP contribution < -0.4 is 5.32 Å². The quantitative estimate of drug-likeness (QED) is 0.862. The van der Waals surface area contributed by atoms with Crippen LogP contribution in [0.15, 0.2) is 42.5 Å². The average Bonchev–Trinajstić information content (AvgIpc) is 2.46. The van der Waals surface area contributed by atoms with Crippen molar-refractivity contribution in [1.29, 1.82) is 5.26 Å². The summed E-state index contributed by atoms with van der Waals surface area (Å²) in [5, 5.41) is 12.8. The monoisotopic (exact) mass is 284 g/mol. The van der Waals surface area contributed by atoms with Gasteiger partial charge in [0.1, 0.15) is 0 Å². The first-order valence-electron chi connectivity index (χ1n) is 6.62. The molecular formula is C17H17ClN2. The minimum Gasteiger partial charge on any atom is -0.381 e. The Bertz CT molecular complexity index is 642. The maximum absolute atomic E-state index is 8.82. The summed E-state index contributed by atoms with van der Waals surface area (Å²) in [6.45, 7) is 5.00. The van der Waals surface area contributed by atoms with Gasteiger partial charge in [0.25, 0.3) is 0 Å². The van der Waals surface area contributed by atoms with E-state index in [9.17, 15) is 0 Å². The molecule has 0 spiro atoms. The van der Waals surface area contributed by atoms with Gasteiger partial charge in [-0.05, 0) is 41.3 Å². The van der Waals surface area contributed by atoms with E-state index in [1.807, 2.05) is 12.1 Å². The van der Waals surface area contributed by atoms with Crippen LogP contribution in [0.5, 0.6) is 0 Å². The van der Waals surface area contributed by atoms with E-state index in [0.717, 1.165) is 11.3 Å². The normalized spacial score (nSPS) is 10.3. The van der Waals surface area contributed by atoms with Crippen molar-refractivity contribution >= 4 is 17.3 Å². The van der Waals surface area contributed by atoms with E-state index in [1.165, 1.54) is 5.56 Å². The van der Waals surface area contributed by atoms with E-state index in [2.05, 4.69) is 43.4 Å². The maximum Gasteiger partial charge on any atom is 0.0992 e. The lowest BCUT2D eigenvalue weighted by Crippen LogP contribution is -2.01. The highest BCUT2D eigenvalue weighted by atomic mass is 35.5. The van der Waals surface area contributed by atoms with Gasteiger partial charge in [-0.3, -0.25) is 0 Å². The van der Waals surface area contributed by atoms with E-state index in [1.54, 1.807) is 12.1 Å². The van der Waals surface area contributed by atoms with Crippen LogP contribution in [0.1, 0.15) is 36.5 Å². The third-order valence-corrected chi connectivity index (χ3v) is 3.57. The Balaban J connectivity index is 2.09. The molecule has 0 fully saturated rings. The number of hydrogen-bond donors (Lipinski definition) is 1. The van der Waals surface area contributed by atoms with Crippen molar-refractivity contribution in [3.05, 3.63) is 64.2 Å². The number of benzene rings is 2. The Morgan fingerprint density at radius 3 is 2.65 bits per heavy atom. The Labute approximate surface area is 125 Å². The molecule has 0 aliphatic rings. The third kappa shape index (κ3) is 3.53. The Morgan fingerprint density at radius 2 is 2.00 bits per heavy atom. The number of anilines is 1. The topological polar surface area (TPSA) is 35.8 Å². The Kier molecular flexibility index (Phi) is 4.65. The van der Waals surface area contributed by atoms with Gasteiger partial charge in [-0.15, -0.1) is 0 Å². The fourth-order valence-electron chi connectivity index (χ4n) is 1.97. The van der Waals surface area contributed by atoms with E-state index < -0.39 is 0 Å². The highest BCUT2D eigenvalue weighted by Gasteiger charge is 2.03. The first kappa shape index (κ1) is 14.4. The molecule has 0 heterocycles. The van der Waals surface area contributed by atoms with Gasteiger partial charge in [-0.2, -0.15) is 5.26 Å². The first-order valence-corrected chi connectivity index (χ1v) is 7.00. The lowest BCUT2D eigenvalue weighted by molar-refractivity contribution is 0.866. The van der Waals surface area contributed by atoms with E-state index in [4.69, 9.17) is 16.9 Å². The van der Waals surface area contributed by atoms with Crippen molar-refractivity contribution in [2.75, 3.05) is 5.32 Å². The van der Waals surface area contributed by atoms with Gasteiger partial charge in [0.15, 0.2) is 0 Å². The molecule has 0 radical (unpaired) electrons. The third-order valence-electron chi connectivity index (χ3n) is 3.22. The van der Waals surface area contributed by atoms with Crippen LogP contribution in [0, 0.1) is 11.3 Å². The second-order valence-corrected chi connectivity index (χ2v) is 5.46. The van der Waals surface area contributed by atoms with Crippen LogP contribution in [-0.4, -0.2) is 0 Å². The van der Waals surface area contributed by atoms with Crippen LogP contribution in [0.4, 0.5) is 5.69 Å². The van der Waals surface area contributed by atoms with Crippen LogP contribution in [0.25, 0.3) is 0 Å². The molecule has 0 saturated carbocycles. The minimum absolute atomic E-state index is 0.509. The molecule has 2 rings (SSSR count). The van der Waals surface area contributed by atoms with Crippen molar-refractivity contribution in [3.8, 4) is 6.07 Å². The Morgan fingerprint density at radius 1 is 1.20 bits per heavy atom. The number of nitrogens with one attached hydrogen (secondary N) is 1. The molecule has 1 N–H and O–H groups in total. The van der Waals surface area contributed by atoms with Crippen molar-refractivity contribution in [1.82, 2.24) is 0 Å². The molecule has 0 bridgehead atoms. The molecular weight excluding hydrogens is 268 g/mol. The molecule has 0 saturated heterocycles. The molecule has 0 aliphatic heterocycles. The SMILES string of the molecule is CC(C)c1cccc(NCc2ccc(C#N)cc2Cl)c1. The zero-order chi connectivity index (χ0) is 14.5. The lowest BCUT2D eigenvalue weighted by Gasteiger charge is -2.11. The summed E-state index contributed by atoms with van der Waals surface area (Å²) in [5.41, 5.74) is 3.96. The predicted octanol–water partition coefficient (Wildman–Crippen LogP) is 4.95. The van der Waals surface area contributed by atoms with Crippen molar-refractivity contribution in [3.63, 3.8) is 0 Å². The minimum atomic E-state index is 0.509. The van der Waals surface area contributed by atoms with Gasteiger partial charge < -0.3 is 5.32 Å². The predicted molar refractivity (Wildman–Crippen MR) is 84.0 cm³/mol. The first-order chi connectivity index (χ1) is 9.60. The number of hydrogen-bond acceptors (Lipinski definition) is 2. The molecule has 0 atom stereocenters. The largest absolute Gasteiger partial charge is 0.381 e. The van der Waals surface area contributed by atoms with Gasteiger partial charge in [0, 0.05) is 17.3 Å². The van der Waals surface area contributed by atoms with E-state index >= 15 is 0 Å². The molecule has 2 aromatic carbocycles. The summed E-state index contributed by atoms with van der Waals surface area (Å²) >= 11 is 6.17. The molecule has 0 aliphatic carbocycles. The zero-order valence-electron chi connectivity index (χ0n) is 11.7. The molecule has 0 unspecified atom stereocenters. The second-order valence-electron chi connectivity index (χ2n) is 5.05. The highest BCUT2D eigenvalue weighted by molar-refractivity contribution is 6.31. The molecule has 0 aromatic heterocycles. The molecule has 2 nitrogen and oxygen atoms in total. The Hall–Kier alpha value is -1.98. The van der Waals surface area contributed by atoms with Crippen LogP contribution >= 0.6 is 11.6 Å². The van der Waals surface area contributed by atoms with Crippen LogP contribution in [0.2, 0.25) is 5.02 Å². The summed E-state index contributed by atoms with van der Waals surface area (Å²) in [6.07, 6.45) is 0. The van der Waals surface area contributed by atoms with E-state index in [0.29, 0.717) is 23.0 Å². The molecule has 20 heavy (non-hydrogen) atoms. The average molecular weight is 285 g/mol. The summed E-state index contributed by atoms with van der Waals surface area (Å²) in [7, 11) is 0. The zero-order valence-corrected chi connectivity index (χ0v) is 12.4. The van der Waals surface area contributed by atoms with Gasteiger partial charge >= 0.3 is 0 Å². The summed E-state index contributed by atoms with van der Waals surface area (Å²) in [4.78, 5) is 0. The van der Waals surface area contributed by atoms with Gasteiger partial charge in [0.2, 0.25) is 0 Å². The van der Waals surface area contributed by atoms with Gasteiger partial charge in [-0.1, -0.05) is 43.6 Å². The standard InChI is InChI=1S/C17H17ClN2/c1-12(2)14-4-3-5-16(9-14)20-11-15-7-6-13(10-19)8-17(15)18/h3-9,12,20H,11H2,1-2H3. The molecule has 3 heteroatoms. The summed E-state index contributed by atoms with van der Waals surface area (Å²) in [5.74, 6) is 0.509. The molecule has 2 aromatic rings. The summed E-state index contributed by atoms with van der Waals surface area (Å²) < 4.78 is 0. The van der Waals surface area contributed by atoms with Gasteiger partial charge in [-0.25, -0.2) is 0 Å².